The topological polar surface area (TPSA) is 81.5 Å². The Morgan fingerprint density at radius 3 is 1.50 bits per heavy atom. The van der Waals surface area contributed by atoms with Gasteiger partial charge >= 0.3 is 5.97 Å². The molecule has 7 heteroatoms. The van der Waals surface area contributed by atoms with Crippen LogP contribution in [0.15, 0.2) is 121 Å². The number of aliphatic carboxylic acids is 1. The van der Waals surface area contributed by atoms with Gasteiger partial charge in [-0.15, -0.1) is 0 Å². The predicted octanol–water partition coefficient (Wildman–Crippen LogP) is 7.73. The second-order valence-electron chi connectivity index (χ2n) is 10.8. The van der Waals surface area contributed by atoms with E-state index in [0.29, 0.717) is 19.6 Å². The van der Waals surface area contributed by atoms with E-state index in [1.54, 1.807) is 0 Å². The molecule has 6 aromatic rings. The molecule has 0 unspecified atom stereocenters. The molecular formula is C37H32N2NaO4. The summed E-state index contributed by atoms with van der Waals surface area (Å²) in [6, 6.07) is 39.9. The van der Waals surface area contributed by atoms with Crippen LogP contribution in [0.1, 0.15) is 42.3 Å². The maximum atomic E-state index is 11.6. The smallest absolute Gasteiger partial charge is 0.303 e. The van der Waals surface area contributed by atoms with Gasteiger partial charge in [0.05, 0.1) is 22.4 Å². The van der Waals surface area contributed by atoms with Crippen LogP contribution in [-0.4, -0.2) is 50.6 Å². The van der Waals surface area contributed by atoms with Gasteiger partial charge in [0.2, 0.25) is 0 Å². The maximum absolute atomic E-state index is 11.6. The fourth-order valence-corrected chi connectivity index (χ4v) is 5.34. The van der Waals surface area contributed by atoms with Crippen LogP contribution >= 0.6 is 0 Å². The van der Waals surface area contributed by atoms with Crippen molar-refractivity contribution in [3.05, 3.63) is 144 Å². The SMILES string of the molecule is CC(CCC(=O)O)(c1ccc(OCc2ccc3ccccc3n2)cc1)c1ccc(OCc2ccc3ccccc3n2)cc1.[Na]. The zero-order valence-electron chi connectivity index (χ0n) is 24.9. The molecule has 0 saturated carbocycles. The Morgan fingerprint density at radius 2 is 1.07 bits per heavy atom. The summed E-state index contributed by atoms with van der Waals surface area (Å²) >= 11 is 0. The van der Waals surface area contributed by atoms with E-state index in [1.165, 1.54) is 0 Å². The monoisotopic (exact) mass is 591 g/mol. The number of rotatable bonds is 11. The first-order chi connectivity index (χ1) is 21.0. The number of nitrogens with zero attached hydrogens (tertiary/aromatic N) is 2. The summed E-state index contributed by atoms with van der Waals surface area (Å²) in [5.41, 5.74) is 5.10. The van der Waals surface area contributed by atoms with Crippen molar-refractivity contribution in [2.45, 2.75) is 38.4 Å². The minimum absolute atomic E-state index is 0. The summed E-state index contributed by atoms with van der Waals surface area (Å²) in [5, 5.41) is 11.7. The van der Waals surface area contributed by atoms with Gasteiger partial charge in [0.15, 0.2) is 0 Å². The number of ether oxygens (including phenoxy) is 2. The molecule has 0 amide bonds. The van der Waals surface area contributed by atoms with Crippen LogP contribution in [0.4, 0.5) is 0 Å². The number of hydrogen-bond acceptors (Lipinski definition) is 5. The largest absolute Gasteiger partial charge is 0.487 e. The number of carboxylic acid groups (broad SMARTS) is 1. The molecule has 2 heterocycles. The Hall–Kier alpha value is -4.23. The molecule has 4 aromatic carbocycles. The molecular weight excluding hydrogens is 559 g/mol. The molecule has 0 atom stereocenters. The van der Waals surface area contributed by atoms with Gasteiger partial charge in [-0.3, -0.25) is 4.79 Å². The summed E-state index contributed by atoms with van der Waals surface area (Å²) < 4.78 is 12.1. The van der Waals surface area contributed by atoms with E-state index in [4.69, 9.17) is 9.47 Å². The van der Waals surface area contributed by atoms with Crippen molar-refractivity contribution in [3.8, 4) is 11.5 Å². The van der Waals surface area contributed by atoms with Crippen molar-refractivity contribution >= 4 is 57.3 Å². The number of carbonyl (C=O) groups is 1. The van der Waals surface area contributed by atoms with E-state index >= 15 is 0 Å². The standard InChI is InChI=1S/C37H32N2O4.Na/c1-37(23-22-36(40)41,28-12-18-32(19-13-28)42-24-30-16-10-26-6-2-4-8-34(26)38-30)29-14-20-33(21-15-29)43-25-31-17-11-27-7-3-5-9-35(27)39-31;/h2-21H,22-25H2,1H3,(H,40,41);. The number of aromatic nitrogens is 2. The summed E-state index contributed by atoms with van der Waals surface area (Å²) in [7, 11) is 0. The van der Waals surface area contributed by atoms with Crippen LogP contribution in [0.25, 0.3) is 21.8 Å². The molecule has 0 bridgehead atoms. The first-order valence-electron chi connectivity index (χ1n) is 14.3. The van der Waals surface area contributed by atoms with Crippen molar-refractivity contribution < 1.29 is 19.4 Å². The van der Waals surface area contributed by atoms with Crippen molar-refractivity contribution in [2.24, 2.45) is 0 Å². The van der Waals surface area contributed by atoms with E-state index in [-0.39, 0.29) is 36.0 Å². The van der Waals surface area contributed by atoms with Gasteiger partial charge in [-0.2, -0.15) is 0 Å². The number of para-hydroxylation sites is 2. The molecule has 6 nitrogen and oxygen atoms in total. The van der Waals surface area contributed by atoms with Crippen LogP contribution in [0.3, 0.4) is 0 Å². The third-order valence-electron chi connectivity index (χ3n) is 7.91. The van der Waals surface area contributed by atoms with Crippen molar-refractivity contribution in [1.29, 1.82) is 0 Å². The minimum Gasteiger partial charge on any atom is -0.487 e. The minimum atomic E-state index is -0.822. The molecule has 0 aliphatic heterocycles. The molecule has 0 saturated heterocycles. The number of hydrogen-bond donors (Lipinski definition) is 1. The van der Waals surface area contributed by atoms with Gasteiger partial charge < -0.3 is 14.6 Å². The summed E-state index contributed by atoms with van der Waals surface area (Å²) in [6.07, 6.45) is 0.499. The van der Waals surface area contributed by atoms with E-state index < -0.39 is 11.4 Å². The first kappa shape index (κ1) is 31.2. The van der Waals surface area contributed by atoms with Crippen molar-refractivity contribution in [1.82, 2.24) is 9.97 Å². The predicted molar refractivity (Wildman–Crippen MR) is 174 cm³/mol. The van der Waals surface area contributed by atoms with E-state index in [2.05, 4.69) is 29.0 Å². The van der Waals surface area contributed by atoms with Gasteiger partial charge in [-0.25, -0.2) is 9.97 Å². The first-order valence-corrected chi connectivity index (χ1v) is 14.3. The molecule has 2 aromatic heterocycles. The van der Waals surface area contributed by atoms with Gasteiger partial charge in [0.25, 0.3) is 0 Å². The molecule has 0 aliphatic rings. The third kappa shape index (κ3) is 7.28. The number of benzene rings is 4. The van der Waals surface area contributed by atoms with Crippen LogP contribution < -0.4 is 9.47 Å². The fraction of sp³-hybridized carbons (Fsp3) is 0.162. The molecule has 1 N–H and O–H groups in total. The van der Waals surface area contributed by atoms with Gasteiger partial charge in [-0.1, -0.05) is 79.7 Å². The Balaban J connectivity index is 0.00000384. The van der Waals surface area contributed by atoms with Gasteiger partial charge in [-0.05, 0) is 66.1 Å². The van der Waals surface area contributed by atoms with E-state index in [0.717, 1.165) is 55.8 Å². The molecule has 1 radical (unpaired) electrons. The summed E-state index contributed by atoms with van der Waals surface area (Å²) in [4.78, 5) is 20.9. The molecule has 0 spiro atoms. The molecule has 44 heavy (non-hydrogen) atoms. The zero-order chi connectivity index (χ0) is 29.6. The van der Waals surface area contributed by atoms with Crippen molar-refractivity contribution in [3.63, 3.8) is 0 Å². The number of carboxylic acids is 1. The Labute approximate surface area is 279 Å². The van der Waals surface area contributed by atoms with Crippen LogP contribution in [-0.2, 0) is 23.4 Å². The van der Waals surface area contributed by atoms with Crippen molar-refractivity contribution in [2.75, 3.05) is 0 Å². The average molecular weight is 592 g/mol. The third-order valence-corrected chi connectivity index (χ3v) is 7.91. The van der Waals surface area contributed by atoms with Crippen LogP contribution in [0, 0.1) is 0 Å². The molecule has 215 valence electrons. The molecule has 6 rings (SSSR count). The fourth-order valence-electron chi connectivity index (χ4n) is 5.34. The summed E-state index contributed by atoms with van der Waals surface area (Å²) in [5.74, 6) is 0.632. The normalized spacial score (nSPS) is 11.2. The van der Waals surface area contributed by atoms with E-state index in [1.807, 2.05) is 109 Å². The second kappa shape index (κ2) is 14.0. The zero-order valence-corrected chi connectivity index (χ0v) is 26.9. The van der Waals surface area contributed by atoms with E-state index in [9.17, 15) is 9.90 Å². The van der Waals surface area contributed by atoms with Crippen LogP contribution in [0.2, 0.25) is 0 Å². The average Bonchev–Trinajstić information content (AvgIpc) is 3.05. The summed E-state index contributed by atoms with van der Waals surface area (Å²) in [6.45, 7) is 2.80. The van der Waals surface area contributed by atoms with Crippen LogP contribution in [0.5, 0.6) is 11.5 Å². The number of fused-ring (bicyclic) bond motifs is 2. The molecule has 0 aliphatic carbocycles. The maximum Gasteiger partial charge on any atom is 0.303 e. The molecule has 0 fully saturated rings. The van der Waals surface area contributed by atoms with Gasteiger partial charge in [0, 0.05) is 52.2 Å². The Bertz CT molecular complexity index is 1750. The number of pyridine rings is 2. The van der Waals surface area contributed by atoms with Gasteiger partial charge in [0.1, 0.15) is 24.7 Å². The quantitative estimate of drug-likeness (QED) is 0.155. The Kier molecular flexibility index (Phi) is 9.95. The second-order valence-corrected chi connectivity index (χ2v) is 10.8. The Morgan fingerprint density at radius 1 is 0.636 bits per heavy atom.